The first-order valence-electron chi connectivity index (χ1n) is 10.5. The van der Waals surface area contributed by atoms with E-state index in [1.54, 1.807) is 0 Å². The number of carbonyl (C=O) groups is 2. The molecule has 0 aliphatic carbocycles. The van der Waals surface area contributed by atoms with Crippen molar-refractivity contribution in [3.05, 3.63) is 44.1 Å². The summed E-state index contributed by atoms with van der Waals surface area (Å²) in [6, 6.07) is 0. The van der Waals surface area contributed by atoms with E-state index in [4.69, 9.17) is 18.9 Å². The van der Waals surface area contributed by atoms with Crippen LogP contribution in [0.15, 0.2) is 27.0 Å². The predicted octanol–water partition coefficient (Wildman–Crippen LogP) is -1.20. The summed E-state index contributed by atoms with van der Waals surface area (Å²) in [6.07, 6.45) is 1.66. The fourth-order valence-corrected chi connectivity index (χ4v) is 2.96. The molecule has 0 N–H and O–H groups in total. The van der Waals surface area contributed by atoms with Crippen molar-refractivity contribution < 1.29 is 28.5 Å². The van der Waals surface area contributed by atoms with Crippen molar-refractivity contribution in [2.75, 3.05) is 26.4 Å². The maximum absolute atomic E-state index is 12.8. The van der Waals surface area contributed by atoms with Crippen LogP contribution in [0.2, 0.25) is 0 Å². The smallest absolute Gasteiger partial charge is 0.336 e. The van der Waals surface area contributed by atoms with Crippen LogP contribution in [0.4, 0.5) is 0 Å². The number of hydrogen-bond donors (Lipinski definition) is 0. The van der Waals surface area contributed by atoms with Crippen molar-refractivity contribution in [2.24, 2.45) is 0 Å². The molecule has 2 atom stereocenters. The monoisotopic (exact) mass is 453 g/mol. The van der Waals surface area contributed by atoms with Crippen LogP contribution in [-0.4, -0.2) is 64.3 Å². The number of rotatable bonds is 14. The molecular formula is C20H27N3O9. The van der Waals surface area contributed by atoms with Gasteiger partial charge in [-0.25, -0.2) is 28.1 Å². The zero-order valence-corrected chi connectivity index (χ0v) is 17.7. The molecule has 2 fully saturated rings. The summed E-state index contributed by atoms with van der Waals surface area (Å²) in [7, 11) is 0. The van der Waals surface area contributed by atoms with Gasteiger partial charge < -0.3 is 18.9 Å². The van der Waals surface area contributed by atoms with Gasteiger partial charge in [-0.15, -0.1) is 6.58 Å². The highest BCUT2D eigenvalue weighted by atomic mass is 16.6. The lowest BCUT2D eigenvalue weighted by Gasteiger charge is -2.13. The second-order valence-corrected chi connectivity index (χ2v) is 7.53. The number of aromatic nitrogens is 3. The summed E-state index contributed by atoms with van der Waals surface area (Å²) in [5, 5.41) is 0. The van der Waals surface area contributed by atoms with Gasteiger partial charge in [0.05, 0.1) is 19.8 Å². The van der Waals surface area contributed by atoms with Crippen LogP contribution in [0.1, 0.15) is 25.7 Å². The van der Waals surface area contributed by atoms with E-state index < -0.39 is 29.0 Å². The lowest BCUT2D eigenvalue weighted by atomic mass is 10.3. The van der Waals surface area contributed by atoms with Gasteiger partial charge in [-0.05, 0) is 12.8 Å². The number of ether oxygens (including phenoxy) is 4. The van der Waals surface area contributed by atoms with E-state index in [2.05, 4.69) is 6.58 Å². The third-order valence-electron chi connectivity index (χ3n) is 4.89. The molecule has 2 aliphatic rings. The molecule has 3 rings (SSSR count). The van der Waals surface area contributed by atoms with Crippen LogP contribution in [0, 0.1) is 0 Å². The van der Waals surface area contributed by atoms with Gasteiger partial charge in [0, 0.05) is 25.9 Å². The SMILES string of the molecule is C=CCn1c(=O)n(CCCC(=O)OCC2CO2)c(=O)n(CCCC(=O)OCC2CO2)c1=O. The maximum atomic E-state index is 12.8. The molecule has 2 saturated heterocycles. The van der Waals surface area contributed by atoms with Crippen LogP contribution in [0.3, 0.4) is 0 Å². The van der Waals surface area contributed by atoms with Crippen LogP contribution >= 0.6 is 0 Å². The fraction of sp³-hybridized carbons (Fsp3) is 0.650. The normalized spacial score (nSPS) is 18.8. The van der Waals surface area contributed by atoms with Gasteiger partial charge in [0.2, 0.25) is 0 Å². The predicted molar refractivity (Wildman–Crippen MR) is 109 cm³/mol. The van der Waals surface area contributed by atoms with Crippen LogP contribution in [0.5, 0.6) is 0 Å². The topological polar surface area (TPSA) is 144 Å². The van der Waals surface area contributed by atoms with Crippen LogP contribution < -0.4 is 17.1 Å². The second kappa shape index (κ2) is 11.0. The number of allylic oxidation sites excluding steroid dienone is 1. The minimum absolute atomic E-state index is 0.00966. The number of carbonyl (C=O) groups excluding carboxylic acids is 2. The van der Waals surface area contributed by atoms with Gasteiger partial charge in [0.15, 0.2) is 0 Å². The van der Waals surface area contributed by atoms with E-state index in [0.717, 1.165) is 13.7 Å². The van der Waals surface area contributed by atoms with Crippen LogP contribution in [-0.2, 0) is 48.2 Å². The Hall–Kier alpha value is -2.99. The average Bonchev–Trinajstić information content (AvgIpc) is 3.68. The Bertz CT molecular complexity index is 942. The third kappa shape index (κ3) is 6.76. The molecule has 12 heteroatoms. The number of hydrogen-bond acceptors (Lipinski definition) is 9. The Balaban J connectivity index is 1.63. The quantitative estimate of drug-likeness (QED) is 0.193. The molecule has 2 aliphatic heterocycles. The van der Waals surface area contributed by atoms with Gasteiger partial charge in [-0.1, -0.05) is 6.08 Å². The summed E-state index contributed by atoms with van der Waals surface area (Å²) in [5.74, 6) is -0.910. The highest BCUT2D eigenvalue weighted by Crippen LogP contribution is 2.10. The molecular weight excluding hydrogens is 426 g/mol. The van der Waals surface area contributed by atoms with E-state index in [-0.39, 0.29) is 70.7 Å². The van der Waals surface area contributed by atoms with Gasteiger partial charge >= 0.3 is 29.0 Å². The van der Waals surface area contributed by atoms with Crippen molar-refractivity contribution in [2.45, 2.75) is 57.5 Å². The zero-order chi connectivity index (χ0) is 23.1. The molecule has 0 amide bonds. The first kappa shape index (κ1) is 23.7. The molecule has 0 aromatic carbocycles. The van der Waals surface area contributed by atoms with Gasteiger partial charge in [0.25, 0.3) is 0 Å². The summed E-state index contributed by atoms with van der Waals surface area (Å²) >= 11 is 0. The fourth-order valence-electron chi connectivity index (χ4n) is 2.96. The van der Waals surface area contributed by atoms with Gasteiger partial charge in [-0.2, -0.15) is 0 Å². The van der Waals surface area contributed by atoms with Crippen molar-refractivity contribution in [3.63, 3.8) is 0 Å². The molecule has 32 heavy (non-hydrogen) atoms. The number of esters is 2. The zero-order valence-electron chi connectivity index (χ0n) is 17.7. The maximum Gasteiger partial charge on any atom is 0.336 e. The summed E-state index contributed by atoms with van der Waals surface area (Å²) in [5.41, 5.74) is -2.35. The first-order valence-corrected chi connectivity index (χ1v) is 10.5. The highest BCUT2D eigenvalue weighted by Gasteiger charge is 2.25. The van der Waals surface area contributed by atoms with E-state index in [0.29, 0.717) is 13.2 Å². The van der Waals surface area contributed by atoms with Crippen LogP contribution in [0.25, 0.3) is 0 Å². The average molecular weight is 453 g/mol. The molecule has 2 unspecified atom stereocenters. The van der Waals surface area contributed by atoms with Crippen molar-refractivity contribution >= 4 is 11.9 Å². The van der Waals surface area contributed by atoms with E-state index in [1.165, 1.54) is 6.08 Å². The Kier molecular flexibility index (Phi) is 8.17. The standard InChI is InChI=1S/C20H27N3O9/c1-2-7-21-18(26)22(8-3-5-16(24)31-12-14-10-29-14)20(28)23(19(21)27)9-4-6-17(25)32-13-15-11-30-15/h2,14-15H,1,3-13H2. The molecule has 0 bridgehead atoms. The molecule has 1 aromatic heterocycles. The molecule has 0 spiro atoms. The minimum Gasteiger partial charge on any atom is -0.463 e. The molecule has 12 nitrogen and oxygen atoms in total. The van der Waals surface area contributed by atoms with Gasteiger partial charge in [0.1, 0.15) is 25.4 Å². The summed E-state index contributed by atoms with van der Waals surface area (Å²) < 4.78 is 22.7. The lowest BCUT2D eigenvalue weighted by Crippen LogP contribution is -2.54. The third-order valence-corrected chi connectivity index (χ3v) is 4.89. The Labute approximate surface area is 182 Å². The summed E-state index contributed by atoms with van der Waals surface area (Å²) in [6.45, 7) is 4.84. The number of nitrogens with zero attached hydrogens (tertiary/aromatic N) is 3. The van der Waals surface area contributed by atoms with Gasteiger partial charge in [-0.3, -0.25) is 9.59 Å². The first-order chi connectivity index (χ1) is 15.4. The second-order valence-electron chi connectivity index (χ2n) is 7.53. The highest BCUT2D eigenvalue weighted by molar-refractivity contribution is 5.69. The summed E-state index contributed by atoms with van der Waals surface area (Å²) in [4.78, 5) is 61.6. The van der Waals surface area contributed by atoms with E-state index >= 15 is 0 Å². The Morgan fingerprint density at radius 1 is 0.844 bits per heavy atom. The van der Waals surface area contributed by atoms with E-state index in [1.807, 2.05) is 0 Å². The molecule has 0 radical (unpaired) electrons. The Morgan fingerprint density at radius 2 is 1.25 bits per heavy atom. The van der Waals surface area contributed by atoms with Crippen molar-refractivity contribution in [1.82, 2.24) is 13.7 Å². The molecule has 0 saturated carbocycles. The van der Waals surface area contributed by atoms with Crippen molar-refractivity contribution in [1.29, 1.82) is 0 Å². The van der Waals surface area contributed by atoms with Crippen molar-refractivity contribution in [3.8, 4) is 0 Å². The Morgan fingerprint density at radius 3 is 1.62 bits per heavy atom. The molecule has 1 aromatic rings. The molecule has 176 valence electrons. The van der Waals surface area contributed by atoms with E-state index in [9.17, 15) is 24.0 Å². The largest absolute Gasteiger partial charge is 0.463 e. The molecule has 3 heterocycles. The lowest BCUT2D eigenvalue weighted by molar-refractivity contribution is -0.145. The number of epoxide rings is 2. The minimum atomic E-state index is -0.792.